The van der Waals surface area contributed by atoms with Crippen LogP contribution in [0.15, 0.2) is 200 Å². The lowest BCUT2D eigenvalue weighted by Crippen LogP contribution is -1.99. The Hall–Kier alpha value is -7.93. The second kappa shape index (κ2) is 14.2. The van der Waals surface area contributed by atoms with E-state index in [2.05, 4.69) is 229 Å². The van der Waals surface area contributed by atoms with Crippen molar-refractivity contribution in [1.82, 2.24) is 9.13 Å². The molecule has 0 saturated carbocycles. The quantitative estimate of drug-likeness (QED) is 0.166. The van der Waals surface area contributed by atoms with Crippen molar-refractivity contribution in [2.75, 3.05) is 0 Å². The minimum atomic E-state index is 0.650. The summed E-state index contributed by atoms with van der Waals surface area (Å²) in [4.78, 5) is 0. The maximum atomic E-state index is 11.1. The van der Waals surface area contributed by atoms with Gasteiger partial charge in [-0.3, -0.25) is 0 Å². The first-order valence-corrected chi connectivity index (χ1v) is 20.5. The molecule has 3 nitrogen and oxygen atoms in total. The highest BCUT2D eigenvalue weighted by molar-refractivity contribution is 6.12. The number of para-hydroxylation sites is 1. The fourth-order valence-corrected chi connectivity index (χ4v) is 9.28. The summed E-state index contributed by atoms with van der Waals surface area (Å²) in [5.74, 6) is 0. The van der Waals surface area contributed by atoms with Gasteiger partial charge >= 0.3 is 0 Å². The molecule has 2 aromatic heterocycles. The van der Waals surface area contributed by atoms with E-state index in [1.165, 1.54) is 54.9 Å². The maximum absolute atomic E-state index is 11.1. The molecule has 11 rings (SSSR count). The molecule has 282 valence electrons. The van der Waals surface area contributed by atoms with Gasteiger partial charge in [-0.15, -0.1) is 0 Å². The number of rotatable bonds is 6. The molecule has 11 aromatic rings. The van der Waals surface area contributed by atoms with Crippen molar-refractivity contribution in [3.63, 3.8) is 0 Å². The Labute approximate surface area is 349 Å². The smallest absolute Gasteiger partial charge is 0.100 e. The van der Waals surface area contributed by atoms with Gasteiger partial charge in [-0.25, -0.2) is 0 Å². The molecule has 60 heavy (non-hydrogen) atoms. The number of nitriles is 1. The number of hydrogen-bond acceptors (Lipinski definition) is 1. The van der Waals surface area contributed by atoms with E-state index in [1.807, 2.05) is 0 Å². The average Bonchev–Trinajstić information content (AvgIpc) is 3.80. The number of aromatic nitrogens is 2. The molecule has 0 spiro atoms. The van der Waals surface area contributed by atoms with Crippen LogP contribution in [0.5, 0.6) is 0 Å². The Morgan fingerprint density at radius 1 is 0.350 bits per heavy atom. The van der Waals surface area contributed by atoms with Gasteiger partial charge in [0.2, 0.25) is 0 Å². The van der Waals surface area contributed by atoms with E-state index in [4.69, 9.17) is 0 Å². The summed E-state index contributed by atoms with van der Waals surface area (Å²) < 4.78 is 4.73. The molecule has 0 radical (unpaired) electrons. The van der Waals surface area contributed by atoms with Crippen LogP contribution in [0.4, 0.5) is 0 Å². The molecular formula is C57H39N3. The predicted molar refractivity (Wildman–Crippen MR) is 251 cm³/mol. The first-order valence-electron chi connectivity index (χ1n) is 20.5. The Bertz CT molecular complexity index is 3350. The van der Waals surface area contributed by atoms with Crippen molar-refractivity contribution in [3.05, 3.63) is 217 Å². The fourth-order valence-electron chi connectivity index (χ4n) is 9.28. The lowest BCUT2D eigenvalue weighted by molar-refractivity contribution is 1.18. The molecule has 0 N–H and O–H groups in total. The Balaban J connectivity index is 1.08. The number of benzene rings is 9. The fraction of sp³-hybridized carbons (Fsp3) is 0.0351. The zero-order valence-electron chi connectivity index (χ0n) is 33.4. The first kappa shape index (κ1) is 35.2. The third kappa shape index (κ3) is 5.73. The van der Waals surface area contributed by atoms with E-state index in [0.29, 0.717) is 5.56 Å². The number of aryl methyl sites for hydroxylation is 2. The topological polar surface area (TPSA) is 33.6 Å². The van der Waals surface area contributed by atoms with Gasteiger partial charge < -0.3 is 9.13 Å². The van der Waals surface area contributed by atoms with Crippen LogP contribution in [-0.4, -0.2) is 9.13 Å². The molecular weight excluding hydrogens is 727 g/mol. The lowest BCUT2D eigenvalue weighted by Gasteiger charge is -2.17. The van der Waals surface area contributed by atoms with Gasteiger partial charge in [-0.1, -0.05) is 145 Å². The molecule has 2 heterocycles. The van der Waals surface area contributed by atoms with Gasteiger partial charge in [0.15, 0.2) is 0 Å². The minimum absolute atomic E-state index is 0.650. The standard InChI is InChI=1S/C57H39N3/c1-37-23-27-56-48(31-37)49-32-38(2)24-28-57(49)60(56)53-22-10-9-19-47(53)46-21-12-20-45(52(46)36-58)43-17-11-18-44(33-43)59-54-29-25-41(39-13-5-3-6-14-39)34-50(54)51-35-42(26-30-55(51)59)40-15-7-4-8-16-40/h3-35H,1-2H3. The molecule has 9 aromatic carbocycles. The van der Waals surface area contributed by atoms with E-state index in [9.17, 15) is 5.26 Å². The van der Waals surface area contributed by atoms with Crippen LogP contribution in [0.3, 0.4) is 0 Å². The third-order valence-corrected chi connectivity index (χ3v) is 12.1. The van der Waals surface area contributed by atoms with Crippen LogP contribution in [0.25, 0.3) is 99.5 Å². The van der Waals surface area contributed by atoms with Gasteiger partial charge in [0.1, 0.15) is 6.07 Å². The second-order valence-electron chi connectivity index (χ2n) is 15.8. The molecule has 0 aliphatic heterocycles. The minimum Gasteiger partial charge on any atom is -0.309 e. The predicted octanol–water partition coefficient (Wildman–Crippen LogP) is 15.0. The molecule has 0 aliphatic rings. The Morgan fingerprint density at radius 2 is 0.817 bits per heavy atom. The van der Waals surface area contributed by atoms with Crippen LogP contribution in [0.1, 0.15) is 16.7 Å². The normalized spacial score (nSPS) is 11.5. The molecule has 0 atom stereocenters. The van der Waals surface area contributed by atoms with Gasteiger partial charge in [-0.05, 0) is 108 Å². The van der Waals surface area contributed by atoms with E-state index >= 15 is 0 Å². The van der Waals surface area contributed by atoms with Gasteiger partial charge in [0.25, 0.3) is 0 Å². The molecule has 0 saturated heterocycles. The number of nitrogens with zero attached hydrogens (tertiary/aromatic N) is 3. The number of hydrogen-bond donors (Lipinski definition) is 0. The zero-order chi connectivity index (χ0) is 40.3. The molecule has 0 bridgehead atoms. The summed E-state index contributed by atoms with van der Waals surface area (Å²) in [6.07, 6.45) is 0. The molecule has 0 amide bonds. The summed E-state index contributed by atoms with van der Waals surface area (Å²) in [6, 6.07) is 74.3. The van der Waals surface area contributed by atoms with Crippen molar-refractivity contribution in [2.24, 2.45) is 0 Å². The molecule has 0 unspecified atom stereocenters. The van der Waals surface area contributed by atoms with Crippen molar-refractivity contribution < 1.29 is 0 Å². The highest BCUT2D eigenvalue weighted by Gasteiger charge is 2.20. The summed E-state index contributed by atoms with van der Waals surface area (Å²) in [6.45, 7) is 4.30. The maximum Gasteiger partial charge on any atom is 0.100 e. The monoisotopic (exact) mass is 765 g/mol. The Morgan fingerprint density at radius 3 is 1.42 bits per heavy atom. The number of fused-ring (bicyclic) bond motifs is 6. The van der Waals surface area contributed by atoms with E-state index in [-0.39, 0.29) is 0 Å². The van der Waals surface area contributed by atoms with Crippen LogP contribution in [-0.2, 0) is 0 Å². The van der Waals surface area contributed by atoms with E-state index in [0.717, 1.165) is 55.7 Å². The zero-order valence-corrected chi connectivity index (χ0v) is 33.4. The van der Waals surface area contributed by atoms with Crippen LogP contribution in [0.2, 0.25) is 0 Å². The van der Waals surface area contributed by atoms with E-state index < -0.39 is 0 Å². The Kier molecular flexibility index (Phi) is 8.32. The lowest BCUT2D eigenvalue weighted by atomic mass is 9.91. The van der Waals surface area contributed by atoms with Crippen molar-refractivity contribution in [2.45, 2.75) is 13.8 Å². The SMILES string of the molecule is Cc1ccc2c(c1)c1cc(C)ccc1n2-c1ccccc1-c1cccc(-c2cccc(-n3c4ccc(-c5ccccc5)cc4c4cc(-c5ccccc5)ccc43)c2)c1C#N. The largest absolute Gasteiger partial charge is 0.309 e. The highest BCUT2D eigenvalue weighted by atomic mass is 15.0. The summed E-state index contributed by atoms with van der Waals surface area (Å²) in [7, 11) is 0. The molecule has 0 fully saturated rings. The third-order valence-electron chi connectivity index (χ3n) is 12.1. The van der Waals surface area contributed by atoms with Crippen molar-refractivity contribution >= 4 is 43.6 Å². The second-order valence-corrected chi connectivity index (χ2v) is 15.8. The van der Waals surface area contributed by atoms with Crippen LogP contribution >= 0.6 is 0 Å². The highest BCUT2D eigenvalue weighted by Crippen LogP contribution is 2.41. The van der Waals surface area contributed by atoms with Crippen LogP contribution < -0.4 is 0 Å². The average molecular weight is 766 g/mol. The van der Waals surface area contributed by atoms with Crippen molar-refractivity contribution in [1.29, 1.82) is 5.26 Å². The summed E-state index contributed by atoms with van der Waals surface area (Å²) >= 11 is 0. The first-order chi connectivity index (χ1) is 29.5. The molecule has 0 aliphatic carbocycles. The van der Waals surface area contributed by atoms with Crippen LogP contribution in [0, 0.1) is 25.2 Å². The van der Waals surface area contributed by atoms with E-state index in [1.54, 1.807) is 0 Å². The summed E-state index contributed by atoms with van der Waals surface area (Å²) in [5, 5.41) is 15.9. The molecule has 3 heteroatoms. The van der Waals surface area contributed by atoms with Gasteiger partial charge in [-0.2, -0.15) is 5.26 Å². The summed E-state index contributed by atoms with van der Waals surface area (Å²) in [5.41, 5.74) is 18.3. The van der Waals surface area contributed by atoms with Gasteiger partial charge in [0.05, 0.1) is 33.3 Å². The van der Waals surface area contributed by atoms with Gasteiger partial charge in [0, 0.05) is 43.9 Å². The van der Waals surface area contributed by atoms with Crippen molar-refractivity contribution in [3.8, 4) is 62.0 Å².